The topological polar surface area (TPSA) is 79.1 Å². The Hall–Kier alpha value is -3.16. The van der Waals surface area contributed by atoms with Crippen LogP contribution in [0.4, 0.5) is 0 Å². The zero-order valence-electron chi connectivity index (χ0n) is 16.3. The standard InChI is InChI=1S/C22H23N5O2/c1-28-18-9-11-27(13-18)14-22-24-20-7-6-17(12-21(20)25-22)29-16-4-2-15(3-5-16)19-8-10-23-26-19/h2-8,10,12,18H,9,11,13-14H2,1H3,(H,23,26)(H,24,25). The van der Waals surface area contributed by atoms with Crippen molar-refractivity contribution in [3.05, 3.63) is 60.6 Å². The van der Waals surface area contributed by atoms with Crippen LogP contribution in [-0.2, 0) is 11.3 Å². The minimum absolute atomic E-state index is 0.332. The molecule has 5 rings (SSSR count). The van der Waals surface area contributed by atoms with Crippen molar-refractivity contribution in [2.45, 2.75) is 19.1 Å². The number of likely N-dealkylation sites (tertiary alicyclic amines) is 1. The van der Waals surface area contributed by atoms with E-state index in [9.17, 15) is 0 Å². The van der Waals surface area contributed by atoms with Gasteiger partial charge in [-0.3, -0.25) is 10.00 Å². The molecule has 1 fully saturated rings. The summed E-state index contributed by atoms with van der Waals surface area (Å²) >= 11 is 0. The number of H-pyrrole nitrogens is 2. The van der Waals surface area contributed by atoms with Gasteiger partial charge in [0.25, 0.3) is 0 Å². The number of aromatic nitrogens is 4. The van der Waals surface area contributed by atoms with Crippen molar-refractivity contribution in [2.75, 3.05) is 20.2 Å². The first-order valence-corrected chi connectivity index (χ1v) is 9.78. The maximum Gasteiger partial charge on any atom is 0.129 e. The van der Waals surface area contributed by atoms with E-state index in [2.05, 4.69) is 20.1 Å². The number of rotatable bonds is 6. The van der Waals surface area contributed by atoms with Crippen LogP contribution in [0, 0.1) is 0 Å². The second-order valence-corrected chi connectivity index (χ2v) is 7.34. The molecule has 0 radical (unpaired) electrons. The molecule has 0 aliphatic carbocycles. The van der Waals surface area contributed by atoms with Crippen molar-refractivity contribution in [3.63, 3.8) is 0 Å². The van der Waals surface area contributed by atoms with Gasteiger partial charge in [-0.1, -0.05) is 0 Å². The maximum atomic E-state index is 6.03. The summed E-state index contributed by atoms with van der Waals surface area (Å²) in [7, 11) is 1.78. The number of ether oxygens (including phenoxy) is 2. The van der Waals surface area contributed by atoms with E-state index in [-0.39, 0.29) is 0 Å². The van der Waals surface area contributed by atoms with E-state index in [0.717, 1.165) is 65.7 Å². The number of nitrogens with one attached hydrogen (secondary N) is 2. The van der Waals surface area contributed by atoms with Gasteiger partial charge < -0.3 is 14.5 Å². The summed E-state index contributed by atoms with van der Waals surface area (Å²) in [6.45, 7) is 2.80. The van der Waals surface area contributed by atoms with E-state index < -0.39 is 0 Å². The molecule has 2 aromatic carbocycles. The first kappa shape index (κ1) is 17.9. The first-order chi connectivity index (χ1) is 14.3. The molecule has 0 saturated carbocycles. The molecule has 1 atom stereocenters. The summed E-state index contributed by atoms with van der Waals surface area (Å²) in [4.78, 5) is 10.5. The van der Waals surface area contributed by atoms with Gasteiger partial charge in [0.15, 0.2) is 0 Å². The average molecular weight is 389 g/mol. The van der Waals surface area contributed by atoms with Crippen LogP contribution in [0.15, 0.2) is 54.7 Å². The summed E-state index contributed by atoms with van der Waals surface area (Å²) in [5, 5.41) is 6.95. The zero-order valence-corrected chi connectivity index (χ0v) is 16.3. The number of aromatic amines is 2. The Labute approximate surface area is 168 Å². The van der Waals surface area contributed by atoms with Crippen molar-refractivity contribution in [3.8, 4) is 22.8 Å². The van der Waals surface area contributed by atoms with Crippen LogP contribution in [-0.4, -0.2) is 51.4 Å². The van der Waals surface area contributed by atoms with Crippen molar-refractivity contribution in [1.29, 1.82) is 0 Å². The van der Waals surface area contributed by atoms with E-state index in [4.69, 9.17) is 14.5 Å². The number of fused-ring (bicyclic) bond motifs is 1. The second-order valence-electron chi connectivity index (χ2n) is 7.34. The first-order valence-electron chi connectivity index (χ1n) is 9.78. The van der Waals surface area contributed by atoms with Gasteiger partial charge in [-0.15, -0.1) is 0 Å². The fraction of sp³-hybridized carbons (Fsp3) is 0.273. The number of benzene rings is 2. The van der Waals surface area contributed by atoms with Crippen LogP contribution in [0.25, 0.3) is 22.3 Å². The van der Waals surface area contributed by atoms with Crippen LogP contribution in [0.1, 0.15) is 12.2 Å². The van der Waals surface area contributed by atoms with E-state index in [1.165, 1.54) is 0 Å². The molecule has 7 heteroatoms. The third kappa shape index (κ3) is 3.87. The Morgan fingerprint density at radius 1 is 1.10 bits per heavy atom. The molecule has 0 spiro atoms. The predicted molar refractivity (Wildman–Crippen MR) is 111 cm³/mol. The molecule has 3 heterocycles. The monoisotopic (exact) mass is 389 g/mol. The van der Waals surface area contributed by atoms with E-state index in [1.54, 1.807) is 13.3 Å². The predicted octanol–water partition coefficient (Wildman–Crippen LogP) is 3.97. The summed E-state index contributed by atoms with van der Waals surface area (Å²) in [6, 6.07) is 15.8. The van der Waals surface area contributed by atoms with Gasteiger partial charge in [0.05, 0.1) is 29.4 Å². The quantitative estimate of drug-likeness (QED) is 0.522. The Balaban J connectivity index is 1.28. The average Bonchev–Trinajstić information content (AvgIpc) is 3.49. The van der Waals surface area contributed by atoms with Crippen LogP contribution < -0.4 is 4.74 Å². The highest BCUT2D eigenvalue weighted by Gasteiger charge is 2.22. The fourth-order valence-corrected chi connectivity index (χ4v) is 3.78. The van der Waals surface area contributed by atoms with Gasteiger partial charge in [0.1, 0.15) is 17.3 Å². The molecule has 0 bridgehead atoms. The highest BCUT2D eigenvalue weighted by Crippen LogP contribution is 2.27. The summed E-state index contributed by atoms with van der Waals surface area (Å²) < 4.78 is 11.5. The molecule has 29 heavy (non-hydrogen) atoms. The Bertz CT molecular complexity index is 1090. The smallest absolute Gasteiger partial charge is 0.129 e. The third-order valence-electron chi connectivity index (χ3n) is 5.34. The van der Waals surface area contributed by atoms with E-state index >= 15 is 0 Å². The molecule has 2 N–H and O–H groups in total. The lowest BCUT2D eigenvalue weighted by atomic mass is 10.1. The molecular weight excluding hydrogens is 366 g/mol. The molecule has 4 aromatic rings. The molecule has 148 valence electrons. The van der Waals surface area contributed by atoms with Crippen molar-refractivity contribution >= 4 is 11.0 Å². The molecule has 2 aromatic heterocycles. The lowest BCUT2D eigenvalue weighted by molar-refractivity contribution is 0.107. The third-order valence-corrected chi connectivity index (χ3v) is 5.34. The number of methoxy groups -OCH3 is 1. The van der Waals surface area contributed by atoms with Gasteiger partial charge in [-0.05, 0) is 54.4 Å². The largest absolute Gasteiger partial charge is 0.457 e. The summed E-state index contributed by atoms with van der Waals surface area (Å²) in [5.74, 6) is 2.54. The number of imidazole rings is 1. The van der Waals surface area contributed by atoms with Gasteiger partial charge in [0, 0.05) is 32.5 Å². The lowest BCUT2D eigenvalue weighted by Gasteiger charge is -2.13. The van der Waals surface area contributed by atoms with Crippen LogP contribution in [0.3, 0.4) is 0 Å². The van der Waals surface area contributed by atoms with Crippen LogP contribution in [0.2, 0.25) is 0 Å². The van der Waals surface area contributed by atoms with Crippen molar-refractivity contribution < 1.29 is 9.47 Å². The second kappa shape index (κ2) is 7.69. The molecular formula is C22H23N5O2. The van der Waals surface area contributed by atoms with Gasteiger partial charge in [0.2, 0.25) is 0 Å². The molecule has 1 unspecified atom stereocenters. The van der Waals surface area contributed by atoms with Crippen molar-refractivity contribution in [1.82, 2.24) is 25.1 Å². The van der Waals surface area contributed by atoms with Gasteiger partial charge in [-0.2, -0.15) is 5.10 Å². The maximum absolute atomic E-state index is 6.03. The van der Waals surface area contributed by atoms with Gasteiger partial charge in [-0.25, -0.2) is 4.98 Å². The Morgan fingerprint density at radius 3 is 2.72 bits per heavy atom. The highest BCUT2D eigenvalue weighted by molar-refractivity contribution is 5.77. The molecule has 1 saturated heterocycles. The lowest BCUT2D eigenvalue weighted by Crippen LogP contribution is -2.22. The van der Waals surface area contributed by atoms with E-state index in [0.29, 0.717) is 6.10 Å². The Kier molecular flexibility index (Phi) is 4.75. The molecule has 7 nitrogen and oxygen atoms in total. The fourth-order valence-electron chi connectivity index (χ4n) is 3.78. The van der Waals surface area contributed by atoms with Crippen LogP contribution >= 0.6 is 0 Å². The highest BCUT2D eigenvalue weighted by atomic mass is 16.5. The van der Waals surface area contributed by atoms with Crippen molar-refractivity contribution in [2.24, 2.45) is 0 Å². The number of hydrogen-bond acceptors (Lipinski definition) is 5. The van der Waals surface area contributed by atoms with Crippen LogP contribution in [0.5, 0.6) is 11.5 Å². The number of hydrogen-bond donors (Lipinski definition) is 2. The minimum atomic E-state index is 0.332. The van der Waals surface area contributed by atoms with E-state index in [1.807, 2.05) is 48.5 Å². The Morgan fingerprint density at radius 2 is 1.97 bits per heavy atom. The number of nitrogens with zero attached hydrogens (tertiary/aromatic N) is 3. The summed E-state index contributed by atoms with van der Waals surface area (Å²) in [6.07, 6.45) is 3.15. The SMILES string of the molecule is COC1CCN(Cc2nc3ccc(Oc4ccc(-c5ccn[nH]5)cc4)cc3[nH]2)C1. The normalized spacial score (nSPS) is 17.2. The minimum Gasteiger partial charge on any atom is -0.457 e. The molecule has 1 aliphatic heterocycles. The summed E-state index contributed by atoms with van der Waals surface area (Å²) in [5.41, 5.74) is 3.98. The molecule has 1 aliphatic rings. The molecule has 0 amide bonds. The zero-order chi connectivity index (χ0) is 19.6. The van der Waals surface area contributed by atoms with Gasteiger partial charge >= 0.3 is 0 Å².